The molecule has 28 heavy (non-hydrogen) atoms. The third-order valence-corrected chi connectivity index (χ3v) is 4.81. The average molecular weight is 368 g/mol. The number of esters is 1. The SMILES string of the molecule is CCOC(=O)C1=C(c2ccccc2)N=NC1(c1ccccc1)c1ccccc1. The van der Waals surface area contributed by atoms with Crippen molar-refractivity contribution in [2.45, 2.75) is 12.5 Å². The standard InChI is InChI=1S/C24H20N2O2/c1-2-28-23(27)21-22(18-12-6-3-7-13-18)25-26-24(21,19-14-8-4-9-15-19)20-16-10-5-11-17-20/h3-17H,2H2,1H3. The first kappa shape index (κ1) is 17.9. The molecule has 0 spiro atoms. The molecule has 0 aliphatic carbocycles. The maximum atomic E-state index is 13.2. The second-order valence-corrected chi connectivity index (χ2v) is 6.45. The molecule has 0 saturated heterocycles. The maximum absolute atomic E-state index is 13.2. The minimum absolute atomic E-state index is 0.282. The summed E-state index contributed by atoms with van der Waals surface area (Å²) >= 11 is 0. The van der Waals surface area contributed by atoms with Crippen LogP contribution in [-0.4, -0.2) is 12.6 Å². The molecule has 3 aromatic carbocycles. The Morgan fingerprint density at radius 3 is 1.82 bits per heavy atom. The van der Waals surface area contributed by atoms with Gasteiger partial charge in [0.15, 0.2) is 5.54 Å². The summed E-state index contributed by atoms with van der Waals surface area (Å²) in [5.41, 5.74) is 2.53. The molecule has 1 aliphatic heterocycles. The van der Waals surface area contributed by atoms with Gasteiger partial charge < -0.3 is 4.74 Å². The molecule has 0 N–H and O–H groups in total. The van der Waals surface area contributed by atoms with Crippen LogP contribution in [0.1, 0.15) is 23.6 Å². The zero-order chi connectivity index (χ0) is 19.4. The van der Waals surface area contributed by atoms with Gasteiger partial charge in [-0.05, 0) is 18.1 Å². The van der Waals surface area contributed by atoms with Gasteiger partial charge >= 0.3 is 5.97 Å². The number of hydrogen-bond acceptors (Lipinski definition) is 4. The highest BCUT2D eigenvalue weighted by atomic mass is 16.5. The lowest BCUT2D eigenvalue weighted by atomic mass is 9.76. The molecule has 0 unspecified atom stereocenters. The van der Waals surface area contributed by atoms with E-state index in [9.17, 15) is 4.79 Å². The van der Waals surface area contributed by atoms with Crippen LogP contribution < -0.4 is 0 Å². The van der Waals surface area contributed by atoms with Crippen LogP contribution in [0.5, 0.6) is 0 Å². The monoisotopic (exact) mass is 368 g/mol. The van der Waals surface area contributed by atoms with Crippen molar-refractivity contribution >= 4 is 11.7 Å². The lowest BCUT2D eigenvalue weighted by Crippen LogP contribution is -2.31. The molecule has 4 heteroatoms. The predicted molar refractivity (Wildman–Crippen MR) is 109 cm³/mol. The molecule has 0 saturated carbocycles. The van der Waals surface area contributed by atoms with Crippen LogP contribution >= 0.6 is 0 Å². The van der Waals surface area contributed by atoms with E-state index < -0.39 is 11.5 Å². The Kier molecular flexibility index (Phi) is 4.85. The first-order valence-corrected chi connectivity index (χ1v) is 9.28. The molecule has 4 nitrogen and oxygen atoms in total. The van der Waals surface area contributed by atoms with Crippen LogP contribution in [-0.2, 0) is 15.1 Å². The fourth-order valence-corrected chi connectivity index (χ4v) is 3.57. The van der Waals surface area contributed by atoms with Crippen molar-refractivity contribution in [1.29, 1.82) is 0 Å². The van der Waals surface area contributed by atoms with Crippen molar-refractivity contribution < 1.29 is 9.53 Å². The number of carbonyl (C=O) groups excluding carboxylic acids is 1. The molecule has 0 fully saturated rings. The molecular formula is C24H20N2O2. The van der Waals surface area contributed by atoms with Gasteiger partial charge in [-0.1, -0.05) is 91.0 Å². The number of carbonyl (C=O) groups is 1. The summed E-state index contributed by atoms with van der Waals surface area (Å²) in [5.74, 6) is -0.404. The van der Waals surface area contributed by atoms with Crippen LogP contribution in [0.25, 0.3) is 5.70 Å². The van der Waals surface area contributed by atoms with Crippen LogP contribution in [0.15, 0.2) is 107 Å². The quantitative estimate of drug-likeness (QED) is 0.569. The van der Waals surface area contributed by atoms with E-state index in [4.69, 9.17) is 9.85 Å². The Morgan fingerprint density at radius 1 is 0.821 bits per heavy atom. The predicted octanol–water partition coefficient (Wildman–Crippen LogP) is 5.37. The minimum Gasteiger partial charge on any atom is -0.462 e. The Morgan fingerprint density at radius 2 is 1.32 bits per heavy atom. The van der Waals surface area contributed by atoms with Crippen molar-refractivity contribution in [1.82, 2.24) is 0 Å². The lowest BCUT2D eigenvalue weighted by Gasteiger charge is -2.28. The van der Waals surface area contributed by atoms with E-state index in [-0.39, 0.29) is 6.61 Å². The van der Waals surface area contributed by atoms with Gasteiger partial charge in [0, 0.05) is 5.56 Å². The number of azo groups is 1. The lowest BCUT2D eigenvalue weighted by molar-refractivity contribution is -0.139. The molecule has 3 aromatic rings. The Hall–Kier alpha value is -3.53. The van der Waals surface area contributed by atoms with Gasteiger partial charge in [-0.25, -0.2) is 4.79 Å². The molecule has 4 rings (SSSR count). The summed E-state index contributed by atoms with van der Waals surface area (Å²) in [7, 11) is 0. The second kappa shape index (κ2) is 7.61. The number of hydrogen-bond donors (Lipinski definition) is 0. The second-order valence-electron chi connectivity index (χ2n) is 6.45. The molecule has 0 aromatic heterocycles. The van der Waals surface area contributed by atoms with Crippen molar-refractivity contribution in [3.05, 3.63) is 113 Å². The summed E-state index contributed by atoms with van der Waals surface area (Å²) in [6.07, 6.45) is 0. The fraction of sp³-hybridized carbons (Fsp3) is 0.125. The van der Waals surface area contributed by atoms with Crippen molar-refractivity contribution in [2.24, 2.45) is 10.2 Å². The Bertz CT molecular complexity index is 986. The minimum atomic E-state index is -1.04. The molecule has 1 aliphatic rings. The summed E-state index contributed by atoms with van der Waals surface area (Å²) in [5, 5.41) is 9.20. The summed E-state index contributed by atoms with van der Waals surface area (Å²) < 4.78 is 5.46. The van der Waals surface area contributed by atoms with Gasteiger partial charge in [0.1, 0.15) is 11.3 Å². The number of benzene rings is 3. The molecule has 0 amide bonds. The van der Waals surface area contributed by atoms with Crippen LogP contribution in [0.3, 0.4) is 0 Å². The highest BCUT2D eigenvalue weighted by Crippen LogP contribution is 2.49. The van der Waals surface area contributed by atoms with Gasteiger partial charge in [-0.3, -0.25) is 0 Å². The number of rotatable bonds is 5. The van der Waals surface area contributed by atoms with Gasteiger partial charge in [0.2, 0.25) is 0 Å². The van der Waals surface area contributed by atoms with Gasteiger partial charge in [-0.15, -0.1) is 0 Å². The number of nitrogens with zero attached hydrogens (tertiary/aromatic N) is 2. The topological polar surface area (TPSA) is 51.0 Å². The van der Waals surface area contributed by atoms with E-state index in [0.717, 1.165) is 16.7 Å². The van der Waals surface area contributed by atoms with Gasteiger partial charge in [0.05, 0.1) is 6.61 Å². The van der Waals surface area contributed by atoms with E-state index >= 15 is 0 Å². The maximum Gasteiger partial charge on any atom is 0.339 e. The highest BCUT2D eigenvalue weighted by Gasteiger charge is 2.48. The van der Waals surface area contributed by atoms with E-state index in [1.807, 2.05) is 91.0 Å². The van der Waals surface area contributed by atoms with Gasteiger partial charge in [-0.2, -0.15) is 10.2 Å². The first-order valence-electron chi connectivity index (χ1n) is 9.28. The molecule has 138 valence electrons. The first-order chi connectivity index (χ1) is 13.8. The third-order valence-electron chi connectivity index (χ3n) is 4.81. The normalized spacial score (nSPS) is 14.9. The molecule has 1 heterocycles. The molecular weight excluding hydrogens is 348 g/mol. The fourth-order valence-electron chi connectivity index (χ4n) is 3.57. The van der Waals surface area contributed by atoms with E-state index in [1.54, 1.807) is 6.92 Å². The van der Waals surface area contributed by atoms with Crippen LogP contribution in [0, 0.1) is 0 Å². The van der Waals surface area contributed by atoms with E-state index in [1.165, 1.54) is 0 Å². The van der Waals surface area contributed by atoms with E-state index in [0.29, 0.717) is 11.3 Å². The van der Waals surface area contributed by atoms with Gasteiger partial charge in [0.25, 0.3) is 0 Å². The third kappa shape index (κ3) is 2.93. The smallest absolute Gasteiger partial charge is 0.339 e. The molecule has 0 radical (unpaired) electrons. The Balaban J connectivity index is 2.04. The van der Waals surface area contributed by atoms with E-state index in [2.05, 4.69) is 5.11 Å². The highest BCUT2D eigenvalue weighted by molar-refractivity contribution is 6.02. The van der Waals surface area contributed by atoms with Crippen LogP contribution in [0.4, 0.5) is 0 Å². The largest absolute Gasteiger partial charge is 0.462 e. The molecule has 0 bridgehead atoms. The van der Waals surface area contributed by atoms with Crippen molar-refractivity contribution in [3.63, 3.8) is 0 Å². The summed E-state index contributed by atoms with van der Waals surface area (Å²) in [4.78, 5) is 13.2. The van der Waals surface area contributed by atoms with Crippen LogP contribution in [0.2, 0.25) is 0 Å². The average Bonchev–Trinajstić information content (AvgIpc) is 3.17. The zero-order valence-corrected chi connectivity index (χ0v) is 15.6. The summed E-state index contributed by atoms with van der Waals surface area (Å²) in [6.45, 7) is 2.08. The Labute approximate surface area is 164 Å². The summed E-state index contributed by atoms with van der Waals surface area (Å²) in [6, 6.07) is 29.2. The zero-order valence-electron chi connectivity index (χ0n) is 15.6. The van der Waals surface area contributed by atoms with Crippen molar-refractivity contribution in [3.8, 4) is 0 Å². The molecule has 0 atom stereocenters. The number of ether oxygens (including phenoxy) is 1. The van der Waals surface area contributed by atoms with Crippen molar-refractivity contribution in [2.75, 3.05) is 6.61 Å².